The molecule has 0 aromatic carbocycles. The van der Waals surface area contributed by atoms with Crippen molar-refractivity contribution in [3.8, 4) is 28.8 Å². The van der Waals surface area contributed by atoms with Crippen LogP contribution in [0.3, 0.4) is 0 Å². The molecule has 2 N–H and O–H groups in total. The third-order valence-electron chi connectivity index (χ3n) is 6.29. The number of fused-ring (bicyclic) bond motifs is 1. The number of hydrogen-bond acceptors (Lipinski definition) is 9. The predicted octanol–water partition coefficient (Wildman–Crippen LogP) is 2.97. The third kappa shape index (κ3) is 5.40. The van der Waals surface area contributed by atoms with Crippen molar-refractivity contribution < 1.29 is 13.9 Å². The predicted molar refractivity (Wildman–Crippen MR) is 140 cm³/mol. The van der Waals surface area contributed by atoms with E-state index in [-0.39, 0.29) is 6.10 Å². The van der Waals surface area contributed by atoms with E-state index >= 15 is 0 Å². The molecule has 1 aliphatic heterocycles. The highest BCUT2D eigenvalue weighted by atomic mass is 19.1. The van der Waals surface area contributed by atoms with E-state index in [1.54, 1.807) is 35.4 Å². The van der Waals surface area contributed by atoms with Crippen molar-refractivity contribution in [3.63, 3.8) is 0 Å². The van der Waals surface area contributed by atoms with Crippen molar-refractivity contribution >= 4 is 11.3 Å². The second-order valence-electron chi connectivity index (χ2n) is 8.97. The van der Waals surface area contributed by atoms with Gasteiger partial charge in [-0.15, -0.1) is 0 Å². The second-order valence-corrected chi connectivity index (χ2v) is 8.97. The Hall–Kier alpha value is -4.86. The molecule has 1 fully saturated rings. The fourth-order valence-electron chi connectivity index (χ4n) is 4.33. The molecule has 12 heteroatoms. The fraction of sp³-hybridized carbons (Fsp3) is 0.222. The van der Waals surface area contributed by atoms with Gasteiger partial charge in [0.25, 0.3) is 0 Å². The van der Waals surface area contributed by atoms with Crippen LogP contribution >= 0.6 is 0 Å². The van der Waals surface area contributed by atoms with Crippen LogP contribution in [0.5, 0.6) is 5.75 Å². The molecule has 6 rings (SSSR count). The number of ether oxygens (including phenoxy) is 2. The van der Waals surface area contributed by atoms with E-state index in [1.807, 2.05) is 24.3 Å². The minimum absolute atomic E-state index is 0.0304. The number of rotatable bonds is 8. The first-order valence-electron chi connectivity index (χ1n) is 12.4. The van der Waals surface area contributed by atoms with E-state index in [0.29, 0.717) is 48.2 Å². The van der Waals surface area contributed by atoms with Crippen molar-refractivity contribution in [2.75, 3.05) is 31.6 Å². The lowest BCUT2D eigenvalue weighted by Gasteiger charge is -2.23. The Balaban J connectivity index is 1.17. The van der Waals surface area contributed by atoms with Gasteiger partial charge in [0.15, 0.2) is 11.6 Å². The molecular formula is C27H24FN9O2. The summed E-state index contributed by atoms with van der Waals surface area (Å²) in [4.78, 5) is 8.90. The molecule has 0 amide bonds. The van der Waals surface area contributed by atoms with Crippen LogP contribution in [0.15, 0.2) is 67.5 Å². The number of hydrogen-bond donors (Lipinski definition) is 2. The van der Waals surface area contributed by atoms with Gasteiger partial charge in [-0.25, -0.2) is 23.6 Å². The van der Waals surface area contributed by atoms with Gasteiger partial charge in [0.05, 0.1) is 42.5 Å². The fourth-order valence-corrected chi connectivity index (χ4v) is 4.33. The van der Waals surface area contributed by atoms with Crippen molar-refractivity contribution in [2.45, 2.75) is 12.6 Å². The quantitative estimate of drug-likeness (QED) is 0.314. The number of morpholine rings is 1. The normalized spacial score (nSPS) is 15.2. The summed E-state index contributed by atoms with van der Waals surface area (Å²) in [6.07, 6.45) is 9.14. The second kappa shape index (κ2) is 10.9. The molecule has 0 unspecified atom stereocenters. The SMILES string of the molecule is N#Cc1cnn2cc(OC[C@H]3CNCCO3)cc(-c3ccc(NCc4ccc(-n5cc(F)cn5)nc4)nc3)c12. The molecule has 0 bridgehead atoms. The zero-order valence-electron chi connectivity index (χ0n) is 20.8. The van der Waals surface area contributed by atoms with Crippen LogP contribution in [0.1, 0.15) is 11.1 Å². The number of halogens is 1. The maximum Gasteiger partial charge on any atom is 0.161 e. The molecular weight excluding hydrogens is 501 g/mol. The van der Waals surface area contributed by atoms with Crippen LogP contribution in [-0.4, -0.2) is 61.8 Å². The highest BCUT2D eigenvalue weighted by Gasteiger charge is 2.17. The first-order chi connectivity index (χ1) is 19.2. The molecule has 39 heavy (non-hydrogen) atoms. The van der Waals surface area contributed by atoms with Gasteiger partial charge < -0.3 is 20.1 Å². The summed E-state index contributed by atoms with van der Waals surface area (Å²) in [6.45, 7) is 3.13. The monoisotopic (exact) mass is 525 g/mol. The van der Waals surface area contributed by atoms with Gasteiger partial charge in [0.2, 0.25) is 0 Å². The van der Waals surface area contributed by atoms with E-state index in [4.69, 9.17) is 9.47 Å². The summed E-state index contributed by atoms with van der Waals surface area (Å²) in [5.41, 5.74) is 3.69. The minimum Gasteiger partial charge on any atom is -0.489 e. The first kappa shape index (κ1) is 24.5. The summed E-state index contributed by atoms with van der Waals surface area (Å²) >= 11 is 0. The van der Waals surface area contributed by atoms with Crippen LogP contribution in [0.2, 0.25) is 0 Å². The molecule has 0 radical (unpaired) electrons. The minimum atomic E-state index is -0.416. The van der Waals surface area contributed by atoms with Gasteiger partial charge in [-0.3, -0.25) is 0 Å². The van der Waals surface area contributed by atoms with Gasteiger partial charge in [0, 0.05) is 43.2 Å². The van der Waals surface area contributed by atoms with E-state index in [2.05, 4.69) is 36.9 Å². The number of nitrogens with one attached hydrogen (secondary N) is 2. The van der Waals surface area contributed by atoms with Gasteiger partial charge >= 0.3 is 0 Å². The Kier molecular flexibility index (Phi) is 6.82. The highest BCUT2D eigenvalue weighted by molar-refractivity contribution is 5.85. The first-order valence-corrected chi connectivity index (χ1v) is 12.4. The number of anilines is 1. The largest absolute Gasteiger partial charge is 0.489 e. The Labute approximate surface area is 222 Å². The molecule has 0 saturated carbocycles. The van der Waals surface area contributed by atoms with Crippen LogP contribution in [0.4, 0.5) is 10.2 Å². The van der Waals surface area contributed by atoms with E-state index in [0.717, 1.165) is 36.0 Å². The Morgan fingerprint density at radius 1 is 1.13 bits per heavy atom. The molecule has 1 saturated heterocycles. The molecule has 1 atom stereocenters. The molecule has 0 aliphatic carbocycles. The van der Waals surface area contributed by atoms with Gasteiger partial charge in [-0.1, -0.05) is 6.07 Å². The standard InChI is InChI=1S/C27H24FN9O2/c28-21-13-35-36(15-21)26-4-1-18(10-33-26)9-31-25-3-2-19(11-32-25)24-7-22(39-17-23-14-30-5-6-38-23)16-37-27(24)20(8-29)12-34-37/h1-4,7,10-13,15-16,23,30H,5-6,9,14,17H2,(H,31,32)/t23-/m1/s1. The average molecular weight is 526 g/mol. The van der Waals surface area contributed by atoms with Crippen molar-refractivity contribution in [2.24, 2.45) is 0 Å². The van der Waals surface area contributed by atoms with Gasteiger partial charge in [-0.05, 0) is 29.8 Å². The lowest BCUT2D eigenvalue weighted by Crippen LogP contribution is -2.41. The lowest BCUT2D eigenvalue weighted by molar-refractivity contribution is 0.000108. The Morgan fingerprint density at radius 3 is 2.79 bits per heavy atom. The number of nitrogens with zero attached hydrogens (tertiary/aromatic N) is 7. The molecule has 196 valence electrons. The van der Waals surface area contributed by atoms with Crippen molar-refractivity contribution in [1.82, 2.24) is 34.7 Å². The Bertz CT molecular complexity index is 1620. The smallest absolute Gasteiger partial charge is 0.161 e. The highest BCUT2D eigenvalue weighted by Crippen LogP contribution is 2.31. The number of pyridine rings is 3. The Morgan fingerprint density at radius 2 is 2.08 bits per heavy atom. The summed E-state index contributed by atoms with van der Waals surface area (Å²) in [7, 11) is 0. The zero-order chi connectivity index (χ0) is 26.6. The number of nitriles is 1. The summed E-state index contributed by atoms with van der Waals surface area (Å²) in [6, 6.07) is 11.6. The van der Waals surface area contributed by atoms with Crippen molar-refractivity contribution in [1.29, 1.82) is 5.26 Å². The topological polar surface area (TPSA) is 127 Å². The zero-order valence-corrected chi connectivity index (χ0v) is 20.8. The summed E-state index contributed by atoms with van der Waals surface area (Å²) in [5, 5.41) is 24.5. The van der Waals surface area contributed by atoms with Crippen LogP contribution in [-0.2, 0) is 11.3 Å². The summed E-state index contributed by atoms with van der Waals surface area (Å²) in [5.74, 6) is 1.41. The van der Waals surface area contributed by atoms with E-state index < -0.39 is 5.82 Å². The van der Waals surface area contributed by atoms with Crippen molar-refractivity contribution in [3.05, 3.63) is 84.5 Å². The van der Waals surface area contributed by atoms with E-state index in [9.17, 15) is 9.65 Å². The molecule has 0 spiro atoms. The average Bonchev–Trinajstić information content (AvgIpc) is 3.62. The maximum absolute atomic E-state index is 13.2. The molecule has 11 nitrogen and oxygen atoms in total. The molecule has 6 heterocycles. The van der Waals surface area contributed by atoms with Gasteiger partial charge in [0.1, 0.15) is 30.3 Å². The number of aromatic nitrogens is 6. The van der Waals surface area contributed by atoms with Crippen LogP contribution in [0, 0.1) is 17.1 Å². The summed E-state index contributed by atoms with van der Waals surface area (Å²) < 4.78 is 28.0. The van der Waals surface area contributed by atoms with Gasteiger partial charge in [-0.2, -0.15) is 15.5 Å². The van der Waals surface area contributed by atoms with E-state index in [1.165, 1.54) is 10.9 Å². The molecule has 1 aliphatic rings. The maximum atomic E-state index is 13.2. The van der Waals surface area contributed by atoms with Crippen LogP contribution in [0.25, 0.3) is 22.5 Å². The third-order valence-corrected chi connectivity index (χ3v) is 6.29. The lowest BCUT2D eigenvalue weighted by atomic mass is 10.1. The molecule has 5 aromatic rings. The van der Waals surface area contributed by atoms with Crippen LogP contribution < -0.4 is 15.4 Å². The molecule has 5 aromatic heterocycles.